The molecule has 3 amide bonds. The number of benzene rings is 2. The zero-order chi connectivity index (χ0) is 21.7. The van der Waals surface area contributed by atoms with Gasteiger partial charge in [0.2, 0.25) is 5.91 Å². The van der Waals surface area contributed by atoms with Crippen molar-refractivity contribution < 1.29 is 23.9 Å². The van der Waals surface area contributed by atoms with Crippen LogP contribution in [0.3, 0.4) is 0 Å². The minimum atomic E-state index is -0.812. The van der Waals surface area contributed by atoms with Gasteiger partial charge in [0.25, 0.3) is 0 Å². The second kappa shape index (κ2) is 9.53. The lowest BCUT2D eigenvalue weighted by Gasteiger charge is -2.34. The number of methoxy groups -OCH3 is 2. The molecule has 2 aromatic carbocycles. The zero-order valence-electron chi connectivity index (χ0n) is 16.9. The summed E-state index contributed by atoms with van der Waals surface area (Å²) >= 11 is 1.37. The van der Waals surface area contributed by atoms with Crippen LogP contribution in [0.15, 0.2) is 47.4 Å². The first-order chi connectivity index (χ1) is 14.5. The number of carbonyl (C=O) groups is 3. The van der Waals surface area contributed by atoms with Crippen LogP contribution >= 0.6 is 11.8 Å². The lowest BCUT2D eigenvalue weighted by atomic mass is 10.0. The van der Waals surface area contributed by atoms with Crippen LogP contribution in [0.5, 0.6) is 5.75 Å². The van der Waals surface area contributed by atoms with Crippen molar-refractivity contribution in [2.75, 3.05) is 37.2 Å². The van der Waals surface area contributed by atoms with Gasteiger partial charge in [-0.15, -0.1) is 11.8 Å². The van der Waals surface area contributed by atoms with Gasteiger partial charge >= 0.3 is 12.0 Å². The Labute approximate surface area is 178 Å². The highest BCUT2D eigenvalue weighted by atomic mass is 32.2. The van der Waals surface area contributed by atoms with Gasteiger partial charge < -0.3 is 20.1 Å². The van der Waals surface area contributed by atoms with Crippen molar-refractivity contribution in [1.82, 2.24) is 5.32 Å². The van der Waals surface area contributed by atoms with Crippen LogP contribution < -0.4 is 20.3 Å². The van der Waals surface area contributed by atoms with Crippen molar-refractivity contribution in [2.24, 2.45) is 0 Å². The van der Waals surface area contributed by atoms with E-state index in [9.17, 15) is 14.4 Å². The van der Waals surface area contributed by atoms with Gasteiger partial charge in [-0.25, -0.2) is 9.59 Å². The van der Waals surface area contributed by atoms with Gasteiger partial charge in [0.1, 0.15) is 11.8 Å². The molecule has 1 heterocycles. The molecule has 0 saturated carbocycles. The fourth-order valence-electron chi connectivity index (χ4n) is 3.19. The minimum Gasteiger partial charge on any atom is -0.497 e. The summed E-state index contributed by atoms with van der Waals surface area (Å²) in [6.07, 6.45) is 0.296. The normalized spacial score (nSPS) is 13.8. The summed E-state index contributed by atoms with van der Waals surface area (Å²) in [4.78, 5) is 39.3. The van der Waals surface area contributed by atoms with Gasteiger partial charge in [0, 0.05) is 24.1 Å². The van der Waals surface area contributed by atoms with Gasteiger partial charge in [-0.1, -0.05) is 12.1 Å². The van der Waals surface area contributed by atoms with Crippen molar-refractivity contribution >= 4 is 41.0 Å². The maximum atomic E-state index is 12.8. The smallest absolute Gasteiger partial charge is 0.329 e. The molecule has 0 fully saturated rings. The topological polar surface area (TPSA) is 97.0 Å². The first-order valence-corrected chi connectivity index (χ1v) is 10.2. The number of nitrogens with zero attached hydrogens (tertiary/aromatic N) is 1. The number of fused-ring (bicyclic) bond motifs is 1. The van der Waals surface area contributed by atoms with E-state index in [1.54, 1.807) is 25.3 Å². The first kappa shape index (κ1) is 21.5. The second-order valence-corrected chi connectivity index (χ2v) is 7.55. The number of carbonyl (C=O) groups excluding carboxylic acids is 3. The number of anilines is 2. The Morgan fingerprint density at radius 1 is 1.17 bits per heavy atom. The van der Waals surface area contributed by atoms with E-state index in [4.69, 9.17) is 9.47 Å². The fourth-order valence-corrected chi connectivity index (χ4v) is 4.13. The summed E-state index contributed by atoms with van der Waals surface area (Å²) in [5.41, 5.74) is 2.08. The van der Waals surface area contributed by atoms with Crippen LogP contribution in [0.2, 0.25) is 0 Å². The number of hydrogen-bond donors (Lipinski definition) is 2. The lowest BCUT2D eigenvalue weighted by molar-refractivity contribution is -0.143. The van der Waals surface area contributed by atoms with Crippen LogP contribution in [0.4, 0.5) is 16.2 Å². The van der Waals surface area contributed by atoms with E-state index in [1.165, 1.54) is 30.8 Å². The molecule has 0 radical (unpaired) electrons. The highest BCUT2D eigenvalue weighted by Gasteiger charge is 2.36. The first-order valence-electron chi connectivity index (χ1n) is 9.25. The number of hydrogen-bond acceptors (Lipinski definition) is 6. The standard InChI is InChI=1S/C21H23N3O5S/c1-22-21(27)23-14-6-9-16-18(11-14)30-12-19(25)24(16)17(20(26)29-3)10-13-4-7-15(28-2)8-5-13/h4-9,11,17H,10,12H2,1-3H3,(H2,22,23,27). The lowest BCUT2D eigenvalue weighted by Crippen LogP contribution is -2.49. The maximum absolute atomic E-state index is 12.8. The van der Waals surface area contributed by atoms with Crippen LogP contribution in [0.25, 0.3) is 0 Å². The minimum absolute atomic E-state index is 0.177. The van der Waals surface area contributed by atoms with Gasteiger partial charge in [-0.2, -0.15) is 0 Å². The van der Waals surface area contributed by atoms with E-state index in [0.29, 0.717) is 23.5 Å². The molecular weight excluding hydrogens is 406 g/mol. The summed E-state index contributed by atoms with van der Waals surface area (Å²) in [7, 11) is 4.42. The quantitative estimate of drug-likeness (QED) is 0.686. The van der Waals surface area contributed by atoms with Crippen molar-refractivity contribution in [3.8, 4) is 5.75 Å². The van der Waals surface area contributed by atoms with Gasteiger partial charge in [-0.3, -0.25) is 9.69 Å². The SMILES string of the molecule is CNC(=O)Nc1ccc2c(c1)SCC(=O)N2C(Cc1ccc(OC)cc1)C(=O)OC. The van der Waals surface area contributed by atoms with Gasteiger partial charge in [0.15, 0.2) is 0 Å². The third-order valence-electron chi connectivity index (χ3n) is 4.70. The maximum Gasteiger partial charge on any atom is 0.329 e. The van der Waals surface area contributed by atoms with E-state index >= 15 is 0 Å². The van der Waals surface area contributed by atoms with E-state index in [0.717, 1.165) is 10.5 Å². The van der Waals surface area contributed by atoms with Crippen LogP contribution in [-0.2, 0) is 20.7 Å². The molecule has 1 aliphatic rings. The molecule has 30 heavy (non-hydrogen) atoms. The molecular formula is C21H23N3O5S. The molecule has 2 N–H and O–H groups in total. The van der Waals surface area contributed by atoms with Crippen molar-refractivity contribution in [3.05, 3.63) is 48.0 Å². The van der Waals surface area contributed by atoms with E-state index in [-0.39, 0.29) is 17.7 Å². The predicted octanol–water partition coefficient (Wildman–Crippen LogP) is 2.67. The van der Waals surface area contributed by atoms with Gasteiger partial charge in [0.05, 0.1) is 25.7 Å². The molecule has 9 heteroatoms. The number of esters is 1. The summed E-state index contributed by atoms with van der Waals surface area (Å²) in [5.74, 6) is 0.223. The van der Waals surface area contributed by atoms with Crippen molar-refractivity contribution in [3.63, 3.8) is 0 Å². The van der Waals surface area contributed by atoms with E-state index < -0.39 is 12.0 Å². The Morgan fingerprint density at radius 3 is 2.53 bits per heavy atom. The Morgan fingerprint density at radius 2 is 1.90 bits per heavy atom. The average Bonchev–Trinajstić information content (AvgIpc) is 2.77. The summed E-state index contributed by atoms with van der Waals surface area (Å²) in [5, 5.41) is 5.21. The number of rotatable bonds is 6. The third-order valence-corrected chi connectivity index (χ3v) is 5.73. The number of nitrogens with one attached hydrogen (secondary N) is 2. The number of urea groups is 1. The number of amides is 3. The molecule has 1 aliphatic heterocycles. The Kier molecular flexibility index (Phi) is 6.83. The Balaban J connectivity index is 1.93. The fraction of sp³-hybridized carbons (Fsp3) is 0.286. The van der Waals surface area contributed by atoms with Crippen LogP contribution in [0, 0.1) is 0 Å². The van der Waals surface area contributed by atoms with E-state index in [1.807, 2.05) is 24.3 Å². The Hall–Kier alpha value is -3.20. The van der Waals surface area contributed by atoms with Crippen LogP contribution in [-0.4, -0.2) is 51.0 Å². The average molecular weight is 429 g/mol. The molecule has 1 unspecified atom stereocenters. The van der Waals surface area contributed by atoms with E-state index in [2.05, 4.69) is 10.6 Å². The van der Waals surface area contributed by atoms with Gasteiger partial charge in [-0.05, 0) is 35.9 Å². The summed E-state index contributed by atoms with van der Waals surface area (Å²) in [6, 6.07) is 11.4. The summed E-state index contributed by atoms with van der Waals surface area (Å²) in [6.45, 7) is 0. The summed E-state index contributed by atoms with van der Waals surface area (Å²) < 4.78 is 10.2. The molecule has 2 aromatic rings. The van der Waals surface area contributed by atoms with Crippen molar-refractivity contribution in [2.45, 2.75) is 17.4 Å². The van der Waals surface area contributed by atoms with Crippen molar-refractivity contribution in [1.29, 1.82) is 0 Å². The second-order valence-electron chi connectivity index (χ2n) is 6.53. The molecule has 3 rings (SSSR count). The largest absolute Gasteiger partial charge is 0.497 e. The molecule has 0 spiro atoms. The number of thioether (sulfide) groups is 1. The molecule has 0 bridgehead atoms. The monoisotopic (exact) mass is 429 g/mol. The molecule has 8 nitrogen and oxygen atoms in total. The third kappa shape index (κ3) is 4.68. The highest BCUT2D eigenvalue weighted by molar-refractivity contribution is 8.00. The molecule has 0 aliphatic carbocycles. The molecule has 158 valence electrons. The van der Waals surface area contributed by atoms with Crippen LogP contribution in [0.1, 0.15) is 5.56 Å². The Bertz CT molecular complexity index is 948. The predicted molar refractivity (Wildman–Crippen MR) is 115 cm³/mol. The number of ether oxygens (including phenoxy) is 2. The highest BCUT2D eigenvalue weighted by Crippen LogP contribution is 2.39. The molecule has 1 atom stereocenters. The zero-order valence-corrected chi connectivity index (χ0v) is 17.7. The molecule has 0 saturated heterocycles. The molecule has 0 aromatic heterocycles.